The normalized spacial score (nSPS) is 13.8. The van der Waals surface area contributed by atoms with Crippen LogP contribution in [0.25, 0.3) is 16.8 Å². The molecule has 0 spiro atoms. The van der Waals surface area contributed by atoms with Crippen LogP contribution >= 0.6 is 0 Å². The third kappa shape index (κ3) is 3.77. The zero-order valence-electron chi connectivity index (χ0n) is 14.5. The molecule has 2 aromatic rings. The number of nitrogens with zero attached hydrogens (tertiary/aromatic N) is 3. The number of hydrogen-bond acceptors (Lipinski definition) is 6. The fraction of sp³-hybridized carbons (Fsp3) is 0.316. The van der Waals surface area contributed by atoms with Crippen molar-refractivity contribution in [3.05, 3.63) is 58.0 Å². The number of carbonyl (C=O) groups excluding carboxylic acids is 1. The Morgan fingerprint density at radius 1 is 1.27 bits per heavy atom. The third-order valence-corrected chi connectivity index (χ3v) is 4.21. The summed E-state index contributed by atoms with van der Waals surface area (Å²) >= 11 is 0. The van der Waals surface area contributed by atoms with Gasteiger partial charge in [0.2, 0.25) is 0 Å². The van der Waals surface area contributed by atoms with Crippen molar-refractivity contribution < 1.29 is 14.5 Å². The van der Waals surface area contributed by atoms with Crippen LogP contribution in [0.5, 0.6) is 0 Å². The molecule has 26 heavy (non-hydrogen) atoms. The Morgan fingerprint density at radius 2 is 2.04 bits per heavy atom. The molecule has 1 heterocycles. The first kappa shape index (κ1) is 17.7. The highest BCUT2D eigenvalue weighted by Crippen LogP contribution is 2.29. The number of nitro benzene ring substituents is 1. The van der Waals surface area contributed by atoms with Crippen LogP contribution < -0.4 is 0 Å². The van der Waals surface area contributed by atoms with Gasteiger partial charge in [-0.25, -0.2) is 14.8 Å². The Bertz CT molecular complexity index is 860. The Hall–Kier alpha value is -3.09. The molecular formula is C19H19N3O4. The first-order chi connectivity index (χ1) is 12.6. The average molecular weight is 353 g/mol. The molecule has 1 aromatic heterocycles. The van der Waals surface area contributed by atoms with E-state index in [1.165, 1.54) is 12.1 Å². The molecule has 0 bridgehead atoms. The van der Waals surface area contributed by atoms with E-state index in [0.29, 0.717) is 11.3 Å². The number of ether oxygens (including phenoxy) is 1. The maximum absolute atomic E-state index is 12.3. The van der Waals surface area contributed by atoms with Crippen molar-refractivity contribution in [3.8, 4) is 11.3 Å². The largest absolute Gasteiger partial charge is 0.461 e. The third-order valence-electron chi connectivity index (χ3n) is 4.21. The predicted molar refractivity (Wildman–Crippen MR) is 96.5 cm³/mol. The second-order valence-electron chi connectivity index (χ2n) is 5.95. The van der Waals surface area contributed by atoms with Crippen LogP contribution in [0.2, 0.25) is 0 Å². The summed E-state index contributed by atoms with van der Waals surface area (Å²) in [6.45, 7) is 1.95. The number of aromatic nitrogens is 2. The summed E-state index contributed by atoms with van der Waals surface area (Å²) in [4.78, 5) is 31.6. The number of nitro groups is 1. The molecule has 0 saturated heterocycles. The second-order valence-corrected chi connectivity index (χ2v) is 5.95. The van der Waals surface area contributed by atoms with Gasteiger partial charge in [0.05, 0.1) is 23.4 Å². The van der Waals surface area contributed by atoms with Gasteiger partial charge in [0, 0.05) is 17.7 Å². The van der Waals surface area contributed by atoms with Crippen LogP contribution in [0, 0.1) is 10.1 Å². The molecule has 7 nitrogen and oxygen atoms in total. The van der Waals surface area contributed by atoms with Gasteiger partial charge in [-0.2, -0.15) is 0 Å². The fourth-order valence-corrected chi connectivity index (χ4v) is 2.91. The van der Waals surface area contributed by atoms with Crippen molar-refractivity contribution in [2.24, 2.45) is 0 Å². The quantitative estimate of drug-likeness (QED) is 0.454. The van der Waals surface area contributed by atoms with Crippen LogP contribution in [-0.2, 0) is 4.74 Å². The SMILES string of the molecule is CCOC(=O)c1ncc(C2=CCCCC2)nc1-c1ccc([N+](=O)[O-])cc1. The van der Waals surface area contributed by atoms with Gasteiger partial charge in [-0.3, -0.25) is 10.1 Å². The molecule has 0 unspecified atom stereocenters. The smallest absolute Gasteiger partial charge is 0.359 e. The number of esters is 1. The maximum atomic E-state index is 12.3. The summed E-state index contributed by atoms with van der Waals surface area (Å²) in [5.41, 5.74) is 2.89. The molecule has 7 heteroatoms. The highest BCUT2D eigenvalue weighted by Gasteiger charge is 2.20. The average Bonchev–Trinajstić information content (AvgIpc) is 2.68. The fourth-order valence-electron chi connectivity index (χ4n) is 2.91. The van der Waals surface area contributed by atoms with E-state index in [9.17, 15) is 14.9 Å². The van der Waals surface area contributed by atoms with E-state index in [4.69, 9.17) is 4.74 Å². The van der Waals surface area contributed by atoms with Gasteiger partial charge >= 0.3 is 5.97 Å². The molecule has 1 aliphatic carbocycles. The highest BCUT2D eigenvalue weighted by molar-refractivity contribution is 5.94. The van der Waals surface area contributed by atoms with E-state index in [1.54, 1.807) is 25.3 Å². The van der Waals surface area contributed by atoms with E-state index in [1.807, 2.05) is 0 Å². The minimum Gasteiger partial charge on any atom is -0.461 e. The molecule has 0 radical (unpaired) electrons. The number of rotatable bonds is 5. The summed E-state index contributed by atoms with van der Waals surface area (Å²) in [6, 6.07) is 5.92. The van der Waals surface area contributed by atoms with E-state index < -0.39 is 10.9 Å². The molecular weight excluding hydrogens is 334 g/mol. The Morgan fingerprint density at radius 3 is 2.65 bits per heavy atom. The van der Waals surface area contributed by atoms with E-state index >= 15 is 0 Å². The Kier molecular flexibility index (Phi) is 5.36. The lowest BCUT2D eigenvalue weighted by atomic mass is 9.97. The van der Waals surface area contributed by atoms with Crippen molar-refractivity contribution in [2.45, 2.75) is 32.6 Å². The number of allylic oxidation sites excluding steroid dienone is 2. The second kappa shape index (κ2) is 7.86. The summed E-state index contributed by atoms with van der Waals surface area (Å²) in [5, 5.41) is 10.9. The first-order valence-electron chi connectivity index (χ1n) is 8.58. The standard InChI is InChI=1S/C19H19N3O4/c1-2-26-19(23)18-17(14-8-10-15(11-9-14)22(24)25)21-16(12-20-18)13-6-4-3-5-7-13/h6,8-12H,2-5,7H2,1H3. The minimum atomic E-state index is -0.558. The number of hydrogen-bond donors (Lipinski definition) is 0. The topological polar surface area (TPSA) is 95.2 Å². The van der Waals surface area contributed by atoms with Gasteiger partial charge in [-0.15, -0.1) is 0 Å². The number of carbonyl (C=O) groups is 1. The van der Waals surface area contributed by atoms with Crippen molar-refractivity contribution in [3.63, 3.8) is 0 Å². The van der Waals surface area contributed by atoms with Crippen LogP contribution in [0.15, 0.2) is 36.5 Å². The zero-order valence-corrected chi connectivity index (χ0v) is 14.5. The zero-order chi connectivity index (χ0) is 18.5. The molecule has 0 saturated carbocycles. The molecule has 3 rings (SSSR count). The lowest BCUT2D eigenvalue weighted by Gasteiger charge is -2.14. The van der Waals surface area contributed by atoms with Gasteiger partial charge in [0.1, 0.15) is 5.69 Å². The van der Waals surface area contributed by atoms with E-state index in [0.717, 1.165) is 37.0 Å². The van der Waals surface area contributed by atoms with Gasteiger partial charge in [-0.1, -0.05) is 6.08 Å². The molecule has 1 aliphatic rings. The molecule has 0 amide bonds. The van der Waals surface area contributed by atoms with Crippen LogP contribution in [0.1, 0.15) is 48.8 Å². The van der Waals surface area contributed by atoms with Crippen molar-refractivity contribution in [2.75, 3.05) is 6.61 Å². The molecule has 0 aliphatic heterocycles. The maximum Gasteiger partial charge on any atom is 0.359 e. The van der Waals surface area contributed by atoms with Gasteiger partial charge in [0.25, 0.3) is 5.69 Å². The van der Waals surface area contributed by atoms with Crippen molar-refractivity contribution in [1.29, 1.82) is 0 Å². The number of benzene rings is 1. The Labute approximate surface area is 150 Å². The van der Waals surface area contributed by atoms with Crippen LogP contribution in [0.3, 0.4) is 0 Å². The van der Waals surface area contributed by atoms with Crippen LogP contribution in [0.4, 0.5) is 5.69 Å². The van der Waals surface area contributed by atoms with Crippen molar-refractivity contribution >= 4 is 17.2 Å². The van der Waals surface area contributed by atoms with Crippen LogP contribution in [-0.4, -0.2) is 27.5 Å². The summed E-state index contributed by atoms with van der Waals surface area (Å²) in [5.74, 6) is -0.558. The highest BCUT2D eigenvalue weighted by atomic mass is 16.6. The van der Waals surface area contributed by atoms with Gasteiger partial charge in [0.15, 0.2) is 5.69 Å². The van der Waals surface area contributed by atoms with Gasteiger partial charge < -0.3 is 4.74 Å². The summed E-state index contributed by atoms with van der Waals surface area (Å²) < 4.78 is 5.07. The predicted octanol–water partition coefficient (Wildman–Crippen LogP) is 4.19. The molecule has 134 valence electrons. The molecule has 0 atom stereocenters. The monoisotopic (exact) mass is 353 g/mol. The van der Waals surface area contributed by atoms with Gasteiger partial charge in [-0.05, 0) is 50.3 Å². The van der Waals surface area contributed by atoms with Crippen molar-refractivity contribution in [1.82, 2.24) is 9.97 Å². The first-order valence-corrected chi connectivity index (χ1v) is 8.58. The van der Waals surface area contributed by atoms with E-state index in [2.05, 4.69) is 16.0 Å². The lowest BCUT2D eigenvalue weighted by molar-refractivity contribution is -0.384. The summed E-state index contributed by atoms with van der Waals surface area (Å²) in [7, 11) is 0. The molecule has 1 aromatic carbocycles. The molecule has 0 fully saturated rings. The Balaban J connectivity index is 2.07. The molecule has 0 N–H and O–H groups in total. The summed E-state index contributed by atoms with van der Waals surface area (Å²) in [6.07, 6.45) is 7.93. The van der Waals surface area contributed by atoms with E-state index in [-0.39, 0.29) is 18.0 Å². The minimum absolute atomic E-state index is 0.0227. The lowest BCUT2D eigenvalue weighted by Crippen LogP contribution is -2.11. The number of non-ortho nitro benzene ring substituents is 1.